The number of aromatic nitrogens is 1. The predicted molar refractivity (Wildman–Crippen MR) is 56.2 cm³/mol. The fourth-order valence-electron chi connectivity index (χ4n) is 1.72. The van der Waals surface area contributed by atoms with Crippen LogP contribution in [0.5, 0.6) is 0 Å². The van der Waals surface area contributed by atoms with Gasteiger partial charge >= 0.3 is 5.97 Å². The molecule has 0 radical (unpaired) electrons. The first-order valence-corrected chi connectivity index (χ1v) is 5.06. The zero-order chi connectivity index (χ0) is 11.0. The molecule has 4 nitrogen and oxygen atoms in total. The smallest absolute Gasteiger partial charge is 0.338 e. The van der Waals surface area contributed by atoms with Crippen LogP contribution < -0.4 is 0 Å². The summed E-state index contributed by atoms with van der Waals surface area (Å²) in [5, 5.41) is 8.96. The molecule has 0 fully saturated rings. The van der Waals surface area contributed by atoms with E-state index in [4.69, 9.17) is 16.7 Å². The Labute approximate surface area is 92.5 Å². The highest BCUT2D eigenvalue weighted by molar-refractivity contribution is 6.32. The molecule has 1 aliphatic rings. The monoisotopic (exact) mass is 226 g/mol. The van der Waals surface area contributed by atoms with Crippen LogP contribution >= 0.6 is 11.6 Å². The van der Waals surface area contributed by atoms with Gasteiger partial charge in [-0.25, -0.2) is 9.78 Å². The number of rotatable bonds is 1. The minimum atomic E-state index is -1.02. The molecule has 1 aliphatic heterocycles. The summed E-state index contributed by atoms with van der Waals surface area (Å²) in [5.41, 5.74) is 1.98. The molecular weight excluding hydrogens is 216 g/mol. The molecule has 2 heterocycles. The molecule has 0 bridgehead atoms. The molecule has 5 heteroatoms. The molecule has 1 aromatic heterocycles. The van der Waals surface area contributed by atoms with Crippen LogP contribution in [0.1, 0.15) is 21.6 Å². The average Bonchev–Trinajstić information content (AvgIpc) is 2.15. The van der Waals surface area contributed by atoms with Gasteiger partial charge in [0.2, 0.25) is 0 Å². The van der Waals surface area contributed by atoms with E-state index in [1.165, 1.54) is 0 Å². The SMILES string of the molecule is CN1CCc2cc(C(=O)O)c(Cl)nc2C1. The summed E-state index contributed by atoms with van der Waals surface area (Å²) in [6.07, 6.45) is 0.830. The van der Waals surface area contributed by atoms with Crippen molar-refractivity contribution in [3.8, 4) is 0 Å². The molecule has 0 aromatic carbocycles. The Morgan fingerprint density at radius 1 is 1.67 bits per heavy atom. The van der Waals surface area contributed by atoms with E-state index in [1.54, 1.807) is 6.07 Å². The Morgan fingerprint density at radius 3 is 3.07 bits per heavy atom. The molecule has 0 saturated heterocycles. The maximum Gasteiger partial charge on any atom is 0.338 e. The molecule has 0 atom stereocenters. The van der Waals surface area contributed by atoms with Crippen LogP contribution in [-0.4, -0.2) is 34.6 Å². The number of carboxylic acids is 1. The highest BCUT2D eigenvalue weighted by Gasteiger charge is 2.19. The first-order chi connectivity index (χ1) is 7.08. The third kappa shape index (κ3) is 1.96. The minimum absolute atomic E-state index is 0.0801. The fourth-order valence-corrected chi connectivity index (χ4v) is 1.95. The predicted octanol–water partition coefficient (Wildman–Crippen LogP) is 1.42. The van der Waals surface area contributed by atoms with Gasteiger partial charge in [-0.15, -0.1) is 0 Å². The summed E-state index contributed by atoms with van der Waals surface area (Å²) < 4.78 is 0. The van der Waals surface area contributed by atoms with E-state index < -0.39 is 5.97 Å². The number of hydrogen-bond donors (Lipinski definition) is 1. The topological polar surface area (TPSA) is 53.4 Å². The second-order valence-corrected chi connectivity index (χ2v) is 4.08. The van der Waals surface area contributed by atoms with Gasteiger partial charge in [0, 0.05) is 13.1 Å². The standard InChI is InChI=1S/C10H11ClN2O2/c1-13-3-2-6-4-7(10(14)15)9(11)12-8(6)5-13/h4H,2-3,5H2,1H3,(H,14,15). The molecule has 0 amide bonds. The van der Waals surface area contributed by atoms with Crippen LogP contribution in [0.3, 0.4) is 0 Å². The lowest BCUT2D eigenvalue weighted by Crippen LogP contribution is -2.27. The third-order valence-corrected chi connectivity index (χ3v) is 2.85. The molecule has 15 heavy (non-hydrogen) atoms. The van der Waals surface area contributed by atoms with Crippen molar-refractivity contribution >= 4 is 17.6 Å². The second kappa shape index (κ2) is 3.79. The first-order valence-electron chi connectivity index (χ1n) is 4.68. The lowest BCUT2D eigenvalue weighted by atomic mass is 10.0. The number of halogens is 1. The summed E-state index contributed by atoms with van der Waals surface area (Å²) in [7, 11) is 2.00. The van der Waals surface area contributed by atoms with E-state index in [9.17, 15) is 4.79 Å². The van der Waals surface area contributed by atoms with Crippen LogP contribution in [0.4, 0.5) is 0 Å². The normalized spacial score (nSPS) is 16.1. The number of carbonyl (C=O) groups is 1. The summed E-state index contributed by atoms with van der Waals surface area (Å²) >= 11 is 5.79. The van der Waals surface area contributed by atoms with Gasteiger partial charge < -0.3 is 10.0 Å². The lowest BCUT2D eigenvalue weighted by Gasteiger charge is -2.24. The minimum Gasteiger partial charge on any atom is -0.478 e. The van der Waals surface area contributed by atoms with Crippen molar-refractivity contribution in [1.82, 2.24) is 9.88 Å². The van der Waals surface area contributed by atoms with E-state index in [1.807, 2.05) is 7.05 Å². The van der Waals surface area contributed by atoms with Gasteiger partial charge in [-0.1, -0.05) is 11.6 Å². The van der Waals surface area contributed by atoms with Crippen LogP contribution in [-0.2, 0) is 13.0 Å². The Bertz CT molecular complexity index is 420. The second-order valence-electron chi connectivity index (χ2n) is 3.73. The Kier molecular flexibility index (Phi) is 2.63. The number of fused-ring (bicyclic) bond motifs is 1. The number of pyridine rings is 1. The van der Waals surface area contributed by atoms with E-state index in [-0.39, 0.29) is 10.7 Å². The molecule has 0 aliphatic carbocycles. The molecule has 0 saturated carbocycles. The summed E-state index contributed by atoms with van der Waals surface area (Å²) in [6, 6.07) is 1.64. The number of carboxylic acid groups (broad SMARTS) is 1. The molecular formula is C10H11ClN2O2. The van der Waals surface area contributed by atoms with Crippen molar-refractivity contribution in [1.29, 1.82) is 0 Å². The Balaban J connectivity index is 2.46. The molecule has 1 N–H and O–H groups in total. The zero-order valence-electron chi connectivity index (χ0n) is 8.33. The van der Waals surface area contributed by atoms with Crippen molar-refractivity contribution in [3.05, 3.63) is 28.0 Å². The molecule has 2 rings (SSSR count). The quantitative estimate of drug-likeness (QED) is 0.736. The maximum absolute atomic E-state index is 10.8. The fraction of sp³-hybridized carbons (Fsp3) is 0.400. The number of likely N-dealkylation sites (N-methyl/N-ethyl adjacent to an activating group) is 1. The van der Waals surface area contributed by atoms with Gasteiger partial charge in [0.05, 0.1) is 11.3 Å². The van der Waals surface area contributed by atoms with E-state index in [0.717, 1.165) is 30.8 Å². The molecule has 0 spiro atoms. The van der Waals surface area contributed by atoms with Gasteiger partial charge in [-0.05, 0) is 25.1 Å². The third-order valence-electron chi connectivity index (χ3n) is 2.56. The lowest BCUT2D eigenvalue weighted by molar-refractivity contribution is 0.0696. The highest BCUT2D eigenvalue weighted by atomic mass is 35.5. The van der Waals surface area contributed by atoms with Gasteiger partial charge in [0.1, 0.15) is 5.15 Å². The van der Waals surface area contributed by atoms with Crippen molar-refractivity contribution in [3.63, 3.8) is 0 Å². The highest BCUT2D eigenvalue weighted by Crippen LogP contribution is 2.22. The van der Waals surface area contributed by atoms with Gasteiger partial charge in [0.15, 0.2) is 0 Å². The van der Waals surface area contributed by atoms with E-state index >= 15 is 0 Å². The summed E-state index contributed by atoms with van der Waals surface area (Å²) in [4.78, 5) is 17.1. The van der Waals surface area contributed by atoms with Crippen molar-refractivity contribution in [2.24, 2.45) is 0 Å². The summed E-state index contributed by atoms with van der Waals surface area (Å²) in [5.74, 6) is -1.02. The molecule has 80 valence electrons. The van der Waals surface area contributed by atoms with Crippen molar-refractivity contribution < 1.29 is 9.90 Å². The van der Waals surface area contributed by atoms with E-state index in [0.29, 0.717) is 0 Å². The summed E-state index contributed by atoms with van der Waals surface area (Å²) in [6.45, 7) is 1.66. The Hall–Kier alpha value is -1.13. The Morgan fingerprint density at radius 2 is 2.40 bits per heavy atom. The number of nitrogens with zero attached hydrogens (tertiary/aromatic N) is 2. The van der Waals surface area contributed by atoms with Crippen molar-refractivity contribution in [2.75, 3.05) is 13.6 Å². The largest absolute Gasteiger partial charge is 0.478 e. The number of hydrogen-bond acceptors (Lipinski definition) is 3. The van der Waals surface area contributed by atoms with Gasteiger partial charge in [0.25, 0.3) is 0 Å². The molecule has 0 unspecified atom stereocenters. The van der Waals surface area contributed by atoms with Crippen LogP contribution in [0.2, 0.25) is 5.15 Å². The van der Waals surface area contributed by atoms with Crippen LogP contribution in [0, 0.1) is 0 Å². The zero-order valence-corrected chi connectivity index (χ0v) is 9.08. The van der Waals surface area contributed by atoms with Gasteiger partial charge in [-0.2, -0.15) is 0 Å². The first kappa shape index (κ1) is 10.4. The maximum atomic E-state index is 10.8. The van der Waals surface area contributed by atoms with Crippen molar-refractivity contribution in [2.45, 2.75) is 13.0 Å². The van der Waals surface area contributed by atoms with Crippen LogP contribution in [0.15, 0.2) is 6.07 Å². The van der Waals surface area contributed by atoms with E-state index in [2.05, 4.69) is 9.88 Å². The number of aromatic carboxylic acids is 1. The average molecular weight is 227 g/mol. The van der Waals surface area contributed by atoms with Gasteiger partial charge in [-0.3, -0.25) is 0 Å². The molecule has 1 aromatic rings. The van der Waals surface area contributed by atoms with Crippen LogP contribution in [0.25, 0.3) is 0 Å².